The van der Waals surface area contributed by atoms with E-state index in [2.05, 4.69) is 6.92 Å². The Hall–Kier alpha value is -0.750. The van der Waals surface area contributed by atoms with Gasteiger partial charge in [0, 0.05) is 19.1 Å². The van der Waals surface area contributed by atoms with Crippen molar-refractivity contribution in [2.24, 2.45) is 0 Å². The summed E-state index contributed by atoms with van der Waals surface area (Å²) in [5, 5.41) is 8.98. The Morgan fingerprint density at radius 1 is 1.32 bits per heavy atom. The van der Waals surface area contributed by atoms with E-state index in [9.17, 15) is 9.59 Å². The summed E-state index contributed by atoms with van der Waals surface area (Å²) in [7, 11) is 0. The number of likely N-dealkylation sites (tertiary alicyclic amines) is 1. The van der Waals surface area contributed by atoms with E-state index in [4.69, 9.17) is 5.11 Å². The molecule has 0 aromatic heterocycles. The molecule has 22 heavy (non-hydrogen) atoms. The van der Waals surface area contributed by atoms with Gasteiger partial charge in [-0.2, -0.15) is 0 Å². The van der Waals surface area contributed by atoms with E-state index in [1.54, 1.807) is 11.8 Å². The second kappa shape index (κ2) is 10.1. The number of carbonyl (C=O) groups excluding carboxylic acids is 1. The molecule has 1 aliphatic rings. The number of rotatable bonds is 9. The average molecular weight is 330 g/mol. The van der Waals surface area contributed by atoms with Gasteiger partial charge in [-0.25, -0.2) is 0 Å². The first-order valence-corrected chi connectivity index (χ1v) is 9.40. The summed E-state index contributed by atoms with van der Waals surface area (Å²) in [5.41, 5.74) is 0. The zero-order chi connectivity index (χ0) is 16.5. The van der Waals surface area contributed by atoms with E-state index < -0.39 is 5.97 Å². The van der Waals surface area contributed by atoms with Gasteiger partial charge in [0.2, 0.25) is 5.91 Å². The number of likely N-dealkylation sites (N-methyl/N-ethyl adjacent to an activating group) is 1. The first-order chi connectivity index (χ1) is 10.5. The first kappa shape index (κ1) is 19.3. The van der Waals surface area contributed by atoms with Crippen molar-refractivity contribution >= 4 is 23.6 Å². The number of nitrogens with zero attached hydrogens (tertiary/aromatic N) is 2. The predicted octanol–water partition coefficient (Wildman–Crippen LogP) is 2.31. The molecule has 1 aliphatic heterocycles. The van der Waals surface area contributed by atoms with E-state index in [0.717, 1.165) is 51.1 Å². The number of amides is 1. The second-order valence-electron chi connectivity index (χ2n) is 5.88. The van der Waals surface area contributed by atoms with E-state index in [-0.39, 0.29) is 23.7 Å². The molecule has 0 aromatic carbocycles. The van der Waals surface area contributed by atoms with Gasteiger partial charge in [-0.15, -0.1) is 11.8 Å². The van der Waals surface area contributed by atoms with Crippen LogP contribution in [0.3, 0.4) is 0 Å². The van der Waals surface area contributed by atoms with E-state index >= 15 is 0 Å². The van der Waals surface area contributed by atoms with Crippen LogP contribution in [0.1, 0.15) is 46.5 Å². The summed E-state index contributed by atoms with van der Waals surface area (Å²) < 4.78 is 0. The largest absolute Gasteiger partial charge is 0.480 e. The minimum Gasteiger partial charge on any atom is -0.480 e. The third kappa shape index (κ3) is 6.16. The van der Waals surface area contributed by atoms with Crippen LogP contribution in [0.2, 0.25) is 0 Å². The Morgan fingerprint density at radius 2 is 1.95 bits per heavy atom. The number of carboxylic acid groups (broad SMARTS) is 1. The molecule has 1 rings (SSSR count). The van der Waals surface area contributed by atoms with E-state index in [1.165, 1.54) is 0 Å². The minimum atomic E-state index is -0.777. The van der Waals surface area contributed by atoms with Crippen molar-refractivity contribution in [3.05, 3.63) is 0 Å². The molecule has 0 bridgehead atoms. The normalized spacial score (nSPS) is 17.7. The van der Waals surface area contributed by atoms with Gasteiger partial charge < -0.3 is 10.0 Å². The van der Waals surface area contributed by atoms with Crippen molar-refractivity contribution < 1.29 is 14.7 Å². The van der Waals surface area contributed by atoms with E-state index in [1.807, 2.05) is 23.6 Å². The number of unbranched alkanes of at least 4 members (excludes halogenated alkanes) is 1. The van der Waals surface area contributed by atoms with Crippen molar-refractivity contribution in [2.45, 2.75) is 57.7 Å². The van der Waals surface area contributed by atoms with Crippen LogP contribution in [-0.2, 0) is 9.59 Å². The van der Waals surface area contributed by atoms with Crippen LogP contribution in [0.4, 0.5) is 0 Å². The summed E-state index contributed by atoms with van der Waals surface area (Å²) in [6.45, 7) is 8.49. The number of aliphatic carboxylic acids is 1. The summed E-state index contributed by atoms with van der Waals surface area (Å²) >= 11 is 1.74. The van der Waals surface area contributed by atoms with Crippen LogP contribution >= 0.6 is 11.8 Å². The molecular formula is C16H30N2O3S. The van der Waals surface area contributed by atoms with Crippen LogP contribution in [0.15, 0.2) is 0 Å². The van der Waals surface area contributed by atoms with Gasteiger partial charge in [0.05, 0.1) is 11.8 Å². The van der Waals surface area contributed by atoms with Gasteiger partial charge in [0.25, 0.3) is 0 Å². The number of hydrogen-bond donors (Lipinski definition) is 1. The minimum absolute atomic E-state index is 0.0318. The van der Waals surface area contributed by atoms with Crippen LogP contribution in [0.25, 0.3) is 0 Å². The molecule has 1 unspecified atom stereocenters. The molecule has 0 aliphatic carbocycles. The Kier molecular flexibility index (Phi) is 8.86. The van der Waals surface area contributed by atoms with Gasteiger partial charge in [0.15, 0.2) is 0 Å². The number of hydrogen-bond acceptors (Lipinski definition) is 4. The zero-order valence-electron chi connectivity index (χ0n) is 14.1. The fourth-order valence-electron chi connectivity index (χ4n) is 2.86. The van der Waals surface area contributed by atoms with Crippen LogP contribution in [0, 0.1) is 0 Å². The molecule has 0 saturated carbocycles. The van der Waals surface area contributed by atoms with Gasteiger partial charge >= 0.3 is 5.97 Å². The second-order valence-corrected chi connectivity index (χ2v) is 7.33. The monoisotopic (exact) mass is 330 g/mol. The first-order valence-electron chi connectivity index (χ1n) is 8.35. The molecule has 0 spiro atoms. The fourth-order valence-corrected chi connectivity index (χ4v) is 3.96. The molecular weight excluding hydrogens is 300 g/mol. The zero-order valence-corrected chi connectivity index (χ0v) is 14.9. The van der Waals surface area contributed by atoms with Gasteiger partial charge in [-0.3, -0.25) is 14.5 Å². The number of carbonyl (C=O) groups is 2. The molecule has 1 fully saturated rings. The Labute approximate surface area is 138 Å². The molecule has 1 amide bonds. The standard InChI is InChI=1S/C16H30N2O3S/c1-4-6-11-22-13(3)16(21)18-9-7-14(8-10-18)17(5-2)12-15(19)20/h13-14H,4-12H2,1-3H3,(H,19,20). The van der Waals surface area contributed by atoms with Gasteiger partial charge in [0.1, 0.15) is 0 Å². The lowest BCUT2D eigenvalue weighted by Gasteiger charge is -2.38. The maximum absolute atomic E-state index is 12.4. The molecule has 5 nitrogen and oxygen atoms in total. The highest BCUT2D eigenvalue weighted by molar-refractivity contribution is 8.00. The fraction of sp³-hybridized carbons (Fsp3) is 0.875. The third-order valence-electron chi connectivity index (χ3n) is 4.25. The lowest BCUT2D eigenvalue weighted by atomic mass is 10.0. The maximum atomic E-state index is 12.4. The van der Waals surface area contributed by atoms with Crippen molar-refractivity contribution in [3.63, 3.8) is 0 Å². The third-order valence-corrected chi connectivity index (χ3v) is 5.48. The molecule has 128 valence electrons. The van der Waals surface area contributed by atoms with Gasteiger partial charge in [-0.1, -0.05) is 20.3 Å². The maximum Gasteiger partial charge on any atom is 0.317 e. The molecule has 1 N–H and O–H groups in total. The molecule has 6 heteroatoms. The average Bonchev–Trinajstić information content (AvgIpc) is 2.52. The highest BCUT2D eigenvalue weighted by Gasteiger charge is 2.29. The number of carboxylic acids is 1. The lowest BCUT2D eigenvalue weighted by molar-refractivity contribution is -0.140. The van der Waals surface area contributed by atoms with Crippen molar-refractivity contribution in [3.8, 4) is 0 Å². The number of piperidine rings is 1. The van der Waals surface area contributed by atoms with Crippen molar-refractivity contribution in [1.82, 2.24) is 9.80 Å². The quantitative estimate of drug-likeness (QED) is 0.657. The van der Waals surface area contributed by atoms with Crippen LogP contribution < -0.4 is 0 Å². The highest BCUT2D eigenvalue weighted by Crippen LogP contribution is 2.21. The topological polar surface area (TPSA) is 60.9 Å². The summed E-state index contributed by atoms with van der Waals surface area (Å²) in [5.74, 6) is 0.504. The van der Waals surface area contributed by atoms with Crippen LogP contribution in [0.5, 0.6) is 0 Å². The summed E-state index contributed by atoms with van der Waals surface area (Å²) in [6, 6.07) is 0.285. The lowest BCUT2D eigenvalue weighted by Crippen LogP contribution is -2.49. The molecule has 1 saturated heterocycles. The summed E-state index contributed by atoms with van der Waals surface area (Å²) in [4.78, 5) is 27.3. The van der Waals surface area contributed by atoms with Crippen molar-refractivity contribution in [1.29, 1.82) is 0 Å². The molecule has 0 radical (unpaired) electrons. The Bertz CT molecular complexity index is 357. The molecule has 0 aromatic rings. The molecule has 1 atom stereocenters. The van der Waals surface area contributed by atoms with Gasteiger partial charge in [-0.05, 0) is 38.5 Å². The Morgan fingerprint density at radius 3 is 2.45 bits per heavy atom. The van der Waals surface area contributed by atoms with E-state index in [0.29, 0.717) is 0 Å². The summed E-state index contributed by atoms with van der Waals surface area (Å²) in [6.07, 6.45) is 4.07. The van der Waals surface area contributed by atoms with Crippen LogP contribution in [-0.4, -0.2) is 70.0 Å². The van der Waals surface area contributed by atoms with Crippen molar-refractivity contribution in [2.75, 3.05) is 31.9 Å². The predicted molar refractivity (Wildman–Crippen MR) is 91.3 cm³/mol. The smallest absolute Gasteiger partial charge is 0.317 e. The highest BCUT2D eigenvalue weighted by atomic mass is 32.2. The molecule has 1 heterocycles. The SMILES string of the molecule is CCCCSC(C)C(=O)N1CCC(N(CC)CC(=O)O)CC1. The Balaban J connectivity index is 2.40. The number of thioether (sulfide) groups is 1.